The summed E-state index contributed by atoms with van der Waals surface area (Å²) in [6, 6.07) is 5.59. The molecule has 0 saturated carbocycles. The molecule has 0 aromatic heterocycles. The molecule has 1 heterocycles. The maximum Gasteiger partial charge on any atom is 0.245 e. The van der Waals surface area contributed by atoms with Crippen molar-refractivity contribution < 1.29 is 9.53 Å². The van der Waals surface area contributed by atoms with Gasteiger partial charge in [0.25, 0.3) is 0 Å². The quantitative estimate of drug-likeness (QED) is 0.717. The zero-order valence-electron chi connectivity index (χ0n) is 9.54. The minimum absolute atomic E-state index is 0.0609. The van der Waals surface area contributed by atoms with Crippen molar-refractivity contribution in [2.24, 2.45) is 0 Å². The second-order valence-electron chi connectivity index (χ2n) is 3.97. The molecule has 6 heteroatoms. The maximum absolute atomic E-state index is 12.2. The molecule has 1 atom stereocenters. The molecular weight excluding hydrogens is 385 g/mol. The van der Waals surface area contributed by atoms with Gasteiger partial charge in [0.1, 0.15) is 5.38 Å². The van der Waals surface area contributed by atoms with E-state index >= 15 is 0 Å². The molecule has 1 aromatic rings. The first-order chi connectivity index (χ1) is 8.59. The van der Waals surface area contributed by atoms with E-state index in [0.717, 1.165) is 14.5 Å². The molecule has 0 aliphatic carbocycles. The molecule has 18 heavy (non-hydrogen) atoms. The van der Waals surface area contributed by atoms with Crippen molar-refractivity contribution in [3.05, 3.63) is 32.7 Å². The molecule has 1 saturated heterocycles. The number of hydrogen-bond acceptors (Lipinski definition) is 2. The van der Waals surface area contributed by atoms with E-state index in [9.17, 15) is 4.79 Å². The van der Waals surface area contributed by atoms with Gasteiger partial charge in [0.2, 0.25) is 5.91 Å². The summed E-state index contributed by atoms with van der Waals surface area (Å²) in [4.78, 5) is 14.0. The summed E-state index contributed by atoms with van der Waals surface area (Å²) in [5, 5.41) is -0.646. The third kappa shape index (κ3) is 3.26. The molecule has 0 bridgehead atoms. The third-order valence-corrected chi connectivity index (χ3v) is 5.09. The normalized spacial score (nSPS) is 17.6. The van der Waals surface area contributed by atoms with E-state index < -0.39 is 5.38 Å². The molecule has 98 valence electrons. The minimum Gasteiger partial charge on any atom is -0.378 e. The van der Waals surface area contributed by atoms with Crippen molar-refractivity contribution in [3.63, 3.8) is 0 Å². The van der Waals surface area contributed by atoms with Gasteiger partial charge in [-0.1, -0.05) is 6.07 Å². The zero-order valence-corrected chi connectivity index (χ0v) is 13.5. The number of ether oxygens (including phenoxy) is 1. The van der Waals surface area contributed by atoms with Crippen LogP contribution in [0.5, 0.6) is 0 Å². The van der Waals surface area contributed by atoms with Crippen LogP contribution in [0.4, 0.5) is 0 Å². The fourth-order valence-electron chi connectivity index (χ4n) is 1.76. The molecule has 0 N–H and O–H groups in total. The standard InChI is InChI=1S/C12H12Br2ClNO2/c13-9-2-1-8(7-10(9)14)11(15)12(17)16-3-5-18-6-4-16/h1-2,7,11H,3-6H2. The molecule has 1 amide bonds. The second kappa shape index (κ2) is 6.37. The largest absolute Gasteiger partial charge is 0.378 e. The SMILES string of the molecule is O=C(C(Cl)c1ccc(Br)c(Br)c1)N1CCOCC1. The van der Waals surface area contributed by atoms with Crippen molar-refractivity contribution in [2.45, 2.75) is 5.38 Å². The molecule has 0 spiro atoms. The fourth-order valence-corrected chi connectivity index (χ4v) is 2.67. The van der Waals surface area contributed by atoms with Crippen LogP contribution in [-0.4, -0.2) is 37.1 Å². The summed E-state index contributed by atoms with van der Waals surface area (Å²) in [6.07, 6.45) is 0. The molecule has 1 unspecified atom stereocenters. The Bertz CT molecular complexity index is 450. The summed E-state index contributed by atoms with van der Waals surface area (Å²) in [5.41, 5.74) is 0.795. The second-order valence-corrected chi connectivity index (χ2v) is 6.12. The number of nitrogens with zero attached hydrogens (tertiary/aromatic N) is 1. The number of halogens is 3. The highest BCUT2D eigenvalue weighted by Gasteiger charge is 2.25. The van der Waals surface area contributed by atoms with E-state index in [4.69, 9.17) is 16.3 Å². The number of rotatable bonds is 2. The zero-order chi connectivity index (χ0) is 13.1. The number of hydrogen-bond donors (Lipinski definition) is 0. The highest BCUT2D eigenvalue weighted by atomic mass is 79.9. The van der Waals surface area contributed by atoms with Crippen LogP contribution >= 0.6 is 43.5 Å². The molecule has 1 aliphatic heterocycles. The molecule has 1 aromatic carbocycles. The van der Waals surface area contributed by atoms with Crippen LogP contribution in [-0.2, 0) is 9.53 Å². The van der Waals surface area contributed by atoms with E-state index in [1.807, 2.05) is 18.2 Å². The van der Waals surface area contributed by atoms with E-state index in [-0.39, 0.29) is 5.91 Å². The maximum atomic E-state index is 12.2. The van der Waals surface area contributed by atoms with Crippen LogP contribution in [0.25, 0.3) is 0 Å². The number of amides is 1. The lowest BCUT2D eigenvalue weighted by molar-refractivity contribution is -0.134. The van der Waals surface area contributed by atoms with Gasteiger partial charge in [-0.3, -0.25) is 4.79 Å². The van der Waals surface area contributed by atoms with Gasteiger partial charge in [-0.15, -0.1) is 11.6 Å². The molecule has 0 radical (unpaired) electrons. The number of carbonyl (C=O) groups excluding carboxylic acids is 1. The number of carbonyl (C=O) groups is 1. The van der Waals surface area contributed by atoms with Gasteiger partial charge in [0, 0.05) is 22.0 Å². The summed E-state index contributed by atoms with van der Waals surface area (Å²) in [5.74, 6) is -0.0609. The van der Waals surface area contributed by atoms with Gasteiger partial charge in [0.05, 0.1) is 13.2 Å². The van der Waals surface area contributed by atoms with Crippen molar-refractivity contribution in [2.75, 3.05) is 26.3 Å². The van der Waals surface area contributed by atoms with Crippen LogP contribution in [0.3, 0.4) is 0 Å². The summed E-state index contributed by atoms with van der Waals surface area (Å²) < 4.78 is 7.05. The van der Waals surface area contributed by atoms with E-state index in [1.54, 1.807) is 4.90 Å². The minimum atomic E-state index is -0.646. The van der Waals surface area contributed by atoms with Crippen molar-refractivity contribution in [1.82, 2.24) is 4.90 Å². The number of morpholine rings is 1. The lowest BCUT2D eigenvalue weighted by Gasteiger charge is -2.28. The van der Waals surface area contributed by atoms with Crippen LogP contribution in [0.15, 0.2) is 27.1 Å². The van der Waals surface area contributed by atoms with Crippen molar-refractivity contribution >= 4 is 49.4 Å². The molecule has 1 fully saturated rings. The first-order valence-corrected chi connectivity index (χ1v) is 7.57. The van der Waals surface area contributed by atoms with Crippen LogP contribution in [0.2, 0.25) is 0 Å². The average Bonchev–Trinajstić information content (AvgIpc) is 2.41. The van der Waals surface area contributed by atoms with Gasteiger partial charge in [-0.25, -0.2) is 0 Å². The smallest absolute Gasteiger partial charge is 0.245 e. The first-order valence-electron chi connectivity index (χ1n) is 5.55. The highest BCUT2D eigenvalue weighted by molar-refractivity contribution is 9.13. The van der Waals surface area contributed by atoms with Crippen LogP contribution < -0.4 is 0 Å². The van der Waals surface area contributed by atoms with E-state index in [0.29, 0.717) is 26.3 Å². The Kier molecular flexibility index (Phi) is 5.06. The lowest BCUT2D eigenvalue weighted by atomic mass is 10.1. The Hall–Kier alpha value is -0.100. The molecule has 2 rings (SSSR count). The van der Waals surface area contributed by atoms with Gasteiger partial charge in [0.15, 0.2) is 0 Å². The van der Waals surface area contributed by atoms with Gasteiger partial charge >= 0.3 is 0 Å². The molecule has 3 nitrogen and oxygen atoms in total. The van der Waals surface area contributed by atoms with E-state index in [1.165, 1.54) is 0 Å². The van der Waals surface area contributed by atoms with Crippen molar-refractivity contribution in [3.8, 4) is 0 Å². The number of benzene rings is 1. The van der Waals surface area contributed by atoms with Gasteiger partial charge in [-0.2, -0.15) is 0 Å². The highest BCUT2D eigenvalue weighted by Crippen LogP contribution is 2.30. The first kappa shape index (κ1) is 14.3. The topological polar surface area (TPSA) is 29.5 Å². The average molecular weight is 397 g/mol. The Morgan fingerprint density at radius 2 is 1.94 bits per heavy atom. The summed E-state index contributed by atoms with van der Waals surface area (Å²) in [6.45, 7) is 2.39. The molecular formula is C12H12Br2ClNO2. The number of alkyl halides is 1. The van der Waals surface area contributed by atoms with Crippen LogP contribution in [0.1, 0.15) is 10.9 Å². The summed E-state index contributed by atoms with van der Waals surface area (Å²) in [7, 11) is 0. The predicted molar refractivity (Wildman–Crippen MR) is 77.8 cm³/mol. The lowest BCUT2D eigenvalue weighted by Crippen LogP contribution is -2.42. The molecule has 1 aliphatic rings. The fraction of sp³-hybridized carbons (Fsp3) is 0.417. The van der Waals surface area contributed by atoms with Gasteiger partial charge in [-0.05, 0) is 49.6 Å². The Labute approximate surface area is 128 Å². The third-order valence-electron chi connectivity index (χ3n) is 2.78. The Balaban J connectivity index is 2.11. The summed E-state index contributed by atoms with van der Waals surface area (Å²) >= 11 is 13.0. The van der Waals surface area contributed by atoms with Gasteiger partial charge < -0.3 is 9.64 Å². The van der Waals surface area contributed by atoms with Crippen LogP contribution in [0, 0.1) is 0 Å². The van der Waals surface area contributed by atoms with Crippen molar-refractivity contribution in [1.29, 1.82) is 0 Å². The van der Waals surface area contributed by atoms with E-state index in [2.05, 4.69) is 31.9 Å². The Morgan fingerprint density at radius 3 is 2.56 bits per heavy atom. The Morgan fingerprint density at radius 1 is 1.28 bits per heavy atom. The predicted octanol–water partition coefficient (Wildman–Crippen LogP) is 3.35. The monoisotopic (exact) mass is 395 g/mol.